The number of hydrogen-bond donors (Lipinski definition) is 7. The summed E-state index contributed by atoms with van der Waals surface area (Å²) >= 11 is 3.88. The molecule has 0 heterocycles. The summed E-state index contributed by atoms with van der Waals surface area (Å²) in [6.07, 6.45) is -0.602. The minimum Gasteiger partial charge on any atom is -0.481 e. The highest BCUT2D eigenvalue weighted by Gasteiger charge is 2.33. The second-order valence-corrected chi connectivity index (χ2v) is 7.61. The largest absolute Gasteiger partial charge is 0.481 e. The van der Waals surface area contributed by atoms with Gasteiger partial charge in [0.1, 0.15) is 18.1 Å². The van der Waals surface area contributed by atoms with Crippen LogP contribution in [0.25, 0.3) is 0 Å². The molecule has 0 saturated heterocycles. The van der Waals surface area contributed by atoms with Crippen LogP contribution in [-0.2, 0) is 24.0 Å². The molecule has 7 N–H and O–H groups in total. The molecular weight excluding hydrogens is 404 g/mol. The average molecular weight is 435 g/mol. The molecule has 4 unspecified atom stereocenters. The fourth-order valence-electron chi connectivity index (χ4n) is 2.30. The number of hydrogen-bond acceptors (Lipinski definition) is 7. The first-order valence-electron chi connectivity index (χ1n) is 9.03. The molecule has 0 aliphatic heterocycles. The van der Waals surface area contributed by atoms with E-state index in [1.807, 2.05) is 0 Å². The minimum atomic E-state index is -1.34. The van der Waals surface area contributed by atoms with Crippen molar-refractivity contribution in [3.8, 4) is 0 Å². The van der Waals surface area contributed by atoms with Crippen LogP contribution in [0, 0.1) is 11.8 Å². The smallest absolute Gasteiger partial charge is 0.327 e. The number of thiol groups is 1. The highest BCUT2D eigenvalue weighted by atomic mass is 32.1. The first-order valence-corrected chi connectivity index (χ1v) is 9.67. The summed E-state index contributed by atoms with van der Waals surface area (Å²) in [4.78, 5) is 59.0. The molecule has 0 spiro atoms. The third-order valence-corrected chi connectivity index (χ3v) is 4.39. The molecule has 29 heavy (non-hydrogen) atoms. The molecule has 0 aromatic carbocycles. The SMILES string of the molecule is CC(C)C(NC(=O)C(N)CC(=O)O)C(=O)NC(C(=O)NC(CS)C(=O)O)C(C)C. The van der Waals surface area contributed by atoms with Crippen LogP contribution >= 0.6 is 12.6 Å². The molecule has 0 aliphatic rings. The number of carbonyl (C=O) groups excluding carboxylic acids is 3. The van der Waals surface area contributed by atoms with Gasteiger partial charge in [-0.25, -0.2) is 4.79 Å². The van der Waals surface area contributed by atoms with Gasteiger partial charge in [0.25, 0.3) is 0 Å². The number of carboxylic acid groups (broad SMARTS) is 2. The fraction of sp³-hybridized carbons (Fsp3) is 0.706. The maximum absolute atomic E-state index is 12.7. The molecular formula is C17H30N4O7S. The Bertz CT molecular complexity index is 627. The van der Waals surface area contributed by atoms with E-state index in [4.69, 9.17) is 15.9 Å². The van der Waals surface area contributed by atoms with Crippen molar-refractivity contribution in [3.05, 3.63) is 0 Å². The number of amides is 3. The molecule has 0 bridgehead atoms. The Kier molecular flexibility index (Phi) is 11.3. The Morgan fingerprint density at radius 1 is 0.828 bits per heavy atom. The Morgan fingerprint density at radius 3 is 1.59 bits per heavy atom. The van der Waals surface area contributed by atoms with Gasteiger partial charge in [0.2, 0.25) is 17.7 Å². The van der Waals surface area contributed by atoms with Gasteiger partial charge in [-0.2, -0.15) is 12.6 Å². The zero-order chi connectivity index (χ0) is 22.9. The molecule has 0 saturated carbocycles. The van der Waals surface area contributed by atoms with E-state index in [0.717, 1.165) is 0 Å². The van der Waals surface area contributed by atoms with Gasteiger partial charge in [0.15, 0.2) is 0 Å². The van der Waals surface area contributed by atoms with E-state index in [9.17, 15) is 24.0 Å². The monoisotopic (exact) mass is 434 g/mol. The lowest BCUT2D eigenvalue weighted by atomic mass is 9.99. The minimum absolute atomic E-state index is 0.133. The van der Waals surface area contributed by atoms with Crippen molar-refractivity contribution in [3.63, 3.8) is 0 Å². The first kappa shape index (κ1) is 26.7. The van der Waals surface area contributed by atoms with E-state index in [0.29, 0.717) is 0 Å². The number of carbonyl (C=O) groups is 5. The van der Waals surface area contributed by atoms with Crippen LogP contribution in [0.1, 0.15) is 34.1 Å². The van der Waals surface area contributed by atoms with Crippen LogP contribution in [0.2, 0.25) is 0 Å². The van der Waals surface area contributed by atoms with Crippen LogP contribution < -0.4 is 21.7 Å². The molecule has 0 aromatic rings. The van der Waals surface area contributed by atoms with Crippen LogP contribution in [0.4, 0.5) is 0 Å². The maximum atomic E-state index is 12.7. The van der Waals surface area contributed by atoms with Crippen molar-refractivity contribution in [2.45, 2.75) is 58.3 Å². The van der Waals surface area contributed by atoms with Gasteiger partial charge in [0, 0.05) is 5.75 Å². The number of carboxylic acids is 2. The Hall–Kier alpha value is -2.34. The van der Waals surface area contributed by atoms with Crippen LogP contribution in [0.3, 0.4) is 0 Å². The average Bonchev–Trinajstić information content (AvgIpc) is 2.59. The second kappa shape index (κ2) is 12.3. The lowest BCUT2D eigenvalue weighted by Gasteiger charge is -2.28. The summed E-state index contributed by atoms with van der Waals surface area (Å²) in [5, 5.41) is 25.0. The lowest BCUT2D eigenvalue weighted by Crippen LogP contribution is -2.59. The lowest BCUT2D eigenvalue weighted by molar-refractivity contribution is -0.142. The zero-order valence-corrected chi connectivity index (χ0v) is 17.7. The normalized spacial score (nSPS) is 15.2. The van der Waals surface area contributed by atoms with Gasteiger partial charge < -0.3 is 31.9 Å². The van der Waals surface area contributed by atoms with Gasteiger partial charge in [-0.3, -0.25) is 19.2 Å². The third kappa shape index (κ3) is 9.13. The summed E-state index contributed by atoms with van der Waals surface area (Å²) in [6.45, 7) is 6.62. The number of nitrogens with one attached hydrogen (secondary N) is 3. The van der Waals surface area contributed by atoms with E-state index in [1.54, 1.807) is 27.7 Å². The van der Waals surface area contributed by atoms with Gasteiger partial charge >= 0.3 is 11.9 Å². The molecule has 12 heteroatoms. The molecule has 0 aromatic heterocycles. The highest BCUT2D eigenvalue weighted by molar-refractivity contribution is 7.80. The van der Waals surface area contributed by atoms with Crippen LogP contribution in [0.5, 0.6) is 0 Å². The van der Waals surface area contributed by atoms with Gasteiger partial charge in [-0.05, 0) is 11.8 Å². The van der Waals surface area contributed by atoms with Crippen molar-refractivity contribution >= 4 is 42.3 Å². The summed E-state index contributed by atoms with van der Waals surface area (Å²) in [5.41, 5.74) is 5.51. The first-order chi connectivity index (χ1) is 13.3. The predicted octanol–water partition coefficient (Wildman–Crippen LogP) is -1.43. The van der Waals surface area contributed by atoms with Crippen LogP contribution in [0.15, 0.2) is 0 Å². The number of nitrogens with two attached hydrogens (primary N) is 1. The zero-order valence-electron chi connectivity index (χ0n) is 16.8. The summed E-state index contributed by atoms with van der Waals surface area (Å²) in [6, 6.07) is -4.69. The van der Waals surface area contributed by atoms with Gasteiger partial charge in [-0.1, -0.05) is 27.7 Å². The summed E-state index contributed by atoms with van der Waals surface area (Å²) in [5.74, 6) is -5.62. The molecule has 4 atom stereocenters. The number of aliphatic carboxylic acids is 2. The van der Waals surface area contributed by atoms with E-state index < -0.39 is 66.2 Å². The predicted molar refractivity (Wildman–Crippen MR) is 107 cm³/mol. The maximum Gasteiger partial charge on any atom is 0.327 e. The van der Waals surface area contributed by atoms with E-state index in [1.165, 1.54) is 0 Å². The molecule has 166 valence electrons. The number of rotatable bonds is 12. The summed E-state index contributed by atoms with van der Waals surface area (Å²) < 4.78 is 0. The molecule has 0 fully saturated rings. The molecule has 0 rings (SSSR count). The van der Waals surface area contributed by atoms with E-state index >= 15 is 0 Å². The Morgan fingerprint density at radius 2 is 1.24 bits per heavy atom. The standard InChI is InChI=1S/C17H30N4O7S/c1-7(2)12(15(25)19-10(6-29)17(27)28)21-16(26)13(8(3)4)20-14(24)9(18)5-11(22)23/h7-10,12-13,29H,5-6,18H2,1-4H3,(H,19,25)(H,20,24)(H,21,26)(H,22,23)(H,27,28). The van der Waals surface area contributed by atoms with E-state index in [-0.39, 0.29) is 11.7 Å². The fourth-order valence-corrected chi connectivity index (χ4v) is 2.55. The third-order valence-electron chi connectivity index (χ3n) is 4.02. The second-order valence-electron chi connectivity index (χ2n) is 7.25. The van der Waals surface area contributed by atoms with Crippen molar-refractivity contribution in [1.29, 1.82) is 0 Å². The highest BCUT2D eigenvalue weighted by Crippen LogP contribution is 2.08. The van der Waals surface area contributed by atoms with Crippen molar-refractivity contribution < 1.29 is 34.2 Å². The van der Waals surface area contributed by atoms with Gasteiger partial charge in [0.05, 0.1) is 12.5 Å². The molecule has 0 radical (unpaired) electrons. The molecule has 3 amide bonds. The molecule has 11 nitrogen and oxygen atoms in total. The topological polar surface area (TPSA) is 188 Å². The Balaban J connectivity index is 5.28. The van der Waals surface area contributed by atoms with Gasteiger partial charge in [-0.15, -0.1) is 0 Å². The van der Waals surface area contributed by atoms with Crippen molar-refractivity contribution in [1.82, 2.24) is 16.0 Å². The van der Waals surface area contributed by atoms with E-state index in [2.05, 4.69) is 28.6 Å². The van der Waals surface area contributed by atoms with Crippen molar-refractivity contribution in [2.75, 3.05) is 5.75 Å². The van der Waals surface area contributed by atoms with Crippen LogP contribution in [-0.4, -0.2) is 69.8 Å². The Labute approximate surface area is 174 Å². The molecule has 0 aliphatic carbocycles. The van der Waals surface area contributed by atoms with Crippen molar-refractivity contribution in [2.24, 2.45) is 17.6 Å². The summed E-state index contributed by atoms with van der Waals surface area (Å²) in [7, 11) is 0. The quantitative estimate of drug-likeness (QED) is 0.182.